The van der Waals surface area contributed by atoms with Gasteiger partial charge in [-0.05, 0) is 39.8 Å². The Balaban J connectivity index is 1.75. The van der Waals surface area contributed by atoms with E-state index in [0.29, 0.717) is 22.3 Å². The summed E-state index contributed by atoms with van der Waals surface area (Å²) in [5, 5.41) is 16.1. The standard InChI is InChI=1S/C22H24F3N5O/c1-12(15-4-3-5-16(20(15)23)21(24)25)27-22-18-11-30(14-6-8-26-9-7-14)19(31)10-17(18)13(2)28-29-22/h3-5,10-12,14,21,26H,6-9H2,1-2H3,(H,27,29)/t12-/m1/s1. The van der Waals surface area contributed by atoms with Gasteiger partial charge in [0.15, 0.2) is 5.82 Å². The minimum absolute atomic E-state index is 0.0806. The third-order valence-electron chi connectivity index (χ3n) is 5.84. The second-order valence-corrected chi connectivity index (χ2v) is 7.88. The molecule has 31 heavy (non-hydrogen) atoms. The molecule has 3 heterocycles. The van der Waals surface area contributed by atoms with Crippen molar-refractivity contribution >= 4 is 16.6 Å². The summed E-state index contributed by atoms with van der Waals surface area (Å²) in [6, 6.07) is 4.94. The second kappa shape index (κ2) is 8.66. The van der Waals surface area contributed by atoms with Gasteiger partial charge in [0.1, 0.15) is 5.82 Å². The monoisotopic (exact) mass is 431 g/mol. The molecular weight excluding hydrogens is 407 g/mol. The number of hydrogen-bond donors (Lipinski definition) is 2. The normalized spacial score (nSPS) is 16.1. The lowest BCUT2D eigenvalue weighted by atomic mass is 10.0. The minimum Gasteiger partial charge on any atom is -0.361 e. The molecule has 1 aliphatic rings. The number of piperidine rings is 1. The molecule has 1 atom stereocenters. The summed E-state index contributed by atoms with van der Waals surface area (Å²) in [6.45, 7) is 5.11. The van der Waals surface area contributed by atoms with Crippen LogP contribution in [0.25, 0.3) is 10.8 Å². The van der Waals surface area contributed by atoms with Crippen LogP contribution in [0.2, 0.25) is 0 Å². The Kier molecular flexibility index (Phi) is 5.95. The first-order chi connectivity index (χ1) is 14.9. The number of nitrogens with zero attached hydrogens (tertiary/aromatic N) is 3. The first-order valence-electron chi connectivity index (χ1n) is 10.3. The average Bonchev–Trinajstić information content (AvgIpc) is 2.76. The first-order valence-corrected chi connectivity index (χ1v) is 10.3. The maximum absolute atomic E-state index is 14.6. The van der Waals surface area contributed by atoms with Gasteiger partial charge in [-0.2, -0.15) is 5.10 Å². The lowest BCUT2D eigenvalue weighted by Gasteiger charge is -2.25. The summed E-state index contributed by atoms with van der Waals surface area (Å²) in [5.74, 6) is -0.564. The average molecular weight is 431 g/mol. The number of hydrogen-bond acceptors (Lipinski definition) is 5. The Bertz CT molecular complexity index is 1160. The van der Waals surface area contributed by atoms with Crippen LogP contribution in [0.1, 0.15) is 55.1 Å². The zero-order valence-corrected chi connectivity index (χ0v) is 17.3. The molecule has 0 radical (unpaired) electrons. The molecule has 0 saturated carbocycles. The largest absolute Gasteiger partial charge is 0.361 e. The summed E-state index contributed by atoms with van der Waals surface area (Å²) >= 11 is 0. The summed E-state index contributed by atoms with van der Waals surface area (Å²) in [5.41, 5.74) is -0.0236. The number of benzene rings is 1. The van der Waals surface area contributed by atoms with Crippen LogP contribution in [0.4, 0.5) is 19.0 Å². The molecule has 6 nitrogen and oxygen atoms in total. The molecule has 0 spiro atoms. The van der Waals surface area contributed by atoms with E-state index in [-0.39, 0.29) is 17.2 Å². The summed E-state index contributed by atoms with van der Waals surface area (Å²) in [6.07, 6.45) is 0.559. The lowest BCUT2D eigenvalue weighted by molar-refractivity contribution is 0.146. The van der Waals surface area contributed by atoms with Crippen molar-refractivity contribution in [1.82, 2.24) is 20.1 Å². The highest BCUT2D eigenvalue weighted by Gasteiger charge is 2.22. The van der Waals surface area contributed by atoms with Crippen LogP contribution in [0, 0.1) is 12.7 Å². The highest BCUT2D eigenvalue weighted by Crippen LogP contribution is 2.31. The van der Waals surface area contributed by atoms with E-state index in [2.05, 4.69) is 20.8 Å². The number of anilines is 1. The third kappa shape index (κ3) is 4.14. The Morgan fingerprint density at radius 3 is 2.58 bits per heavy atom. The van der Waals surface area contributed by atoms with Gasteiger partial charge in [0, 0.05) is 34.6 Å². The third-order valence-corrected chi connectivity index (χ3v) is 5.84. The highest BCUT2D eigenvalue weighted by molar-refractivity contribution is 5.92. The lowest BCUT2D eigenvalue weighted by Crippen LogP contribution is -2.33. The van der Waals surface area contributed by atoms with Crippen molar-refractivity contribution in [3.63, 3.8) is 0 Å². The van der Waals surface area contributed by atoms with Crippen LogP contribution < -0.4 is 16.2 Å². The molecule has 1 fully saturated rings. The van der Waals surface area contributed by atoms with E-state index >= 15 is 0 Å². The molecule has 2 N–H and O–H groups in total. The van der Waals surface area contributed by atoms with Crippen molar-refractivity contribution in [2.75, 3.05) is 18.4 Å². The number of nitrogens with one attached hydrogen (secondary N) is 2. The zero-order valence-electron chi connectivity index (χ0n) is 17.3. The molecule has 164 valence electrons. The second-order valence-electron chi connectivity index (χ2n) is 7.88. The summed E-state index contributed by atoms with van der Waals surface area (Å²) in [7, 11) is 0. The molecule has 1 saturated heterocycles. The number of fused-ring (bicyclic) bond motifs is 1. The van der Waals surface area contributed by atoms with E-state index in [1.165, 1.54) is 12.1 Å². The Labute approximate surface area is 177 Å². The maximum Gasteiger partial charge on any atom is 0.266 e. The molecule has 0 amide bonds. The predicted octanol–water partition coefficient (Wildman–Crippen LogP) is 4.27. The predicted molar refractivity (Wildman–Crippen MR) is 113 cm³/mol. The van der Waals surface area contributed by atoms with Crippen molar-refractivity contribution in [2.45, 2.75) is 45.2 Å². The quantitative estimate of drug-likeness (QED) is 0.631. The highest BCUT2D eigenvalue weighted by atomic mass is 19.3. The van der Waals surface area contributed by atoms with E-state index in [9.17, 15) is 18.0 Å². The topological polar surface area (TPSA) is 71.8 Å². The fourth-order valence-electron chi connectivity index (χ4n) is 4.10. The van der Waals surface area contributed by atoms with Gasteiger partial charge >= 0.3 is 0 Å². The van der Waals surface area contributed by atoms with E-state index < -0.39 is 23.8 Å². The van der Waals surface area contributed by atoms with Gasteiger partial charge in [-0.3, -0.25) is 4.79 Å². The van der Waals surface area contributed by atoms with Gasteiger partial charge in [-0.1, -0.05) is 18.2 Å². The number of alkyl halides is 2. The van der Waals surface area contributed by atoms with Gasteiger partial charge in [-0.15, -0.1) is 5.10 Å². The van der Waals surface area contributed by atoms with Crippen LogP contribution >= 0.6 is 0 Å². The minimum atomic E-state index is -2.90. The van der Waals surface area contributed by atoms with Crippen LogP contribution in [0.5, 0.6) is 0 Å². The van der Waals surface area contributed by atoms with Crippen molar-refractivity contribution in [3.8, 4) is 0 Å². The fourth-order valence-corrected chi connectivity index (χ4v) is 4.10. The van der Waals surface area contributed by atoms with Crippen LogP contribution in [-0.2, 0) is 0 Å². The molecule has 0 aliphatic carbocycles. The SMILES string of the molecule is Cc1nnc(N[C@H](C)c2cccc(C(F)F)c2F)c2cn(C3CCNCC3)c(=O)cc12. The molecule has 1 aliphatic heterocycles. The van der Waals surface area contributed by atoms with Crippen LogP contribution in [0.3, 0.4) is 0 Å². The first kappa shape index (κ1) is 21.3. The maximum atomic E-state index is 14.6. The fraction of sp³-hybridized carbons (Fsp3) is 0.409. The van der Waals surface area contributed by atoms with Crippen LogP contribution in [-0.4, -0.2) is 27.9 Å². The van der Waals surface area contributed by atoms with Gasteiger partial charge in [0.05, 0.1) is 17.3 Å². The molecule has 1 aromatic carbocycles. The summed E-state index contributed by atoms with van der Waals surface area (Å²) < 4.78 is 42.5. The number of aromatic nitrogens is 3. The molecule has 3 aromatic rings. The Hall–Kier alpha value is -2.94. The number of aryl methyl sites for hydroxylation is 1. The number of pyridine rings is 1. The molecule has 9 heteroatoms. The molecule has 0 unspecified atom stereocenters. The Morgan fingerprint density at radius 1 is 1.16 bits per heavy atom. The number of rotatable bonds is 5. The smallest absolute Gasteiger partial charge is 0.266 e. The Morgan fingerprint density at radius 2 is 1.87 bits per heavy atom. The molecule has 2 aromatic heterocycles. The van der Waals surface area contributed by atoms with Crippen molar-refractivity contribution in [2.24, 2.45) is 0 Å². The van der Waals surface area contributed by atoms with Crippen LogP contribution in [0.15, 0.2) is 35.3 Å². The van der Waals surface area contributed by atoms with E-state index in [4.69, 9.17) is 0 Å². The molecule has 0 bridgehead atoms. The van der Waals surface area contributed by atoms with Gasteiger partial charge in [0.2, 0.25) is 0 Å². The summed E-state index contributed by atoms with van der Waals surface area (Å²) in [4.78, 5) is 12.7. The van der Waals surface area contributed by atoms with Gasteiger partial charge in [0.25, 0.3) is 12.0 Å². The van der Waals surface area contributed by atoms with E-state index in [1.807, 2.05) is 0 Å². The number of halogens is 3. The molecule has 4 rings (SSSR count). The van der Waals surface area contributed by atoms with Crippen molar-refractivity contribution in [1.29, 1.82) is 0 Å². The van der Waals surface area contributed by atoms with Crippen molar-refractivity contribution in [3.05, 3.63) is 63.5 Å². The van der Waals surface area contributed by atoms with Gasteiger partial charge in [-0.25, -0.2) is 13.2 Å². The van der Waals surface area contributed by atoms with E-state index in [0.717, 1.165) is 32.0 Å². The van der Waals surface area contributed by atoms with E-state index in [1.54, 1.807) is 30.7 Å². The van der Waals surface area contributed by atoms with Crippen molar-refractivity contribution < 1.29 is 13.2 Å². The molecular formula is C22H24F3N5O. The van der Waals surface area contributed by atoms with Gasteiger partial charge < -0.3 is 15.2 Å². The zero-order chi connectivity index (χ0) is 22.1.